The Morgan fingerprint density at radius 1 is 1.05 bits per heavy atom. The third kappa shape index (κ3) is 3.24. The van der Waals surface area contributed by atoms with E-state index in [1.807, 2.05) is 6.92 Å². The summed E-state index contributed by atoms with van der Waals surface area (Å²) in [6.07, 6.45) is 1.42. The van der Waals surface area contributed by atoms with Crippen LogP contribution < -0.4 is 0 Å². The smallest absolute Gasteiger partial charge is 0.292 e. The number of benzene rings is 1. The van der Waals surface area contributed by atoms with Gasteiger partial charge in [0, 0.05) is 16.6 Å². The van der Waals surface area contributed by atoms with Gasteiger partial charge in [0.25, 0.3) is 0 Å². The van der Waals surface area contributed by atoms with Crippen LogP contribution >= 0.6 is 15.9 Å². The normalized spacial score (nSPS) is 14.9. The molecular formula is C15H15BrN2O4. The second kappa shape index (κ2) is 6.83. The van der Waals surface area contributed by atoms with E-state index in [4.69, 9.17) is 0 Å². The second-order valence-electron chi connectivity index (χ2n) is 4.91. The molecule has 1 aromatic rings. The van der Waals surface area contributed by atoms with Crippen LogP contribution in [-0.4, -0.2) is 46.5 Å². The quantitative estimate of drug-likeness (QED) is 0.439. The molecule has 116 valence electrons. The Hall–Kier alpha value is -2.02. The summed E-state index contributed by atoms with van der Waals surface area (Å²) < 4.78 is 0.818. The fraction of sp³-hybridized carbons (Fsp3) is 0.333. The van der Waals surface area contributed by atoms with Crippen molar-refractivity contribution in [1.82, 2.24) is 9.80 Å². The highest BCUT2D eigenvalue weighted by Crippen LogP contribution is 2.15. The van der Waals surface area contributed by atoms with E-state index in [0.717, 1.165) is 15.8 Å². The van der Waals surface area contributed by atoms with E-state index in [1.165, 1.54) is 0 Å². The number of hydrogen-bond acceptors (Lipinski definition) is 4. The van der Waals surface area contributed by atoms with E-state index in [0.29, 0.717) is 16.9 Å². The molecule has 0 bridgehead atoms. The maximum Gasteiger partial charge on any atom is 0.334 e. The van der Waals surface area contributed by atoms with Gasteiger partial charge >= 0.3 is 17.8 Å². The lowest BCUT2D eigenvalue weighted by Crippen LogP contribution is -2.37. The van der Waals surface area contributed by atoms with Crippen molar-refractivity contribution in [2.45, 2.75) is 19.8 Å². The van der Waals surface area contributed by atoms with Gasteiger partial charge in [-0.3, -0.25) is 19.3 Å². The number of unbranched alkanes of at least 4 members (excludes halogenated alkanes) is 1. The van der Waals surface area contributed by atoms with Gasteiger partial charge < -0.3 is 0 Å². The number of carbonyl (C=O) groups is 4. The zero-order valence-corrected chi connectivity index (χ0v) is 13.6. The van der Waals surface area contributed by atoms with Crippen LogP contribution in [0.1, 0.15) is 30.1 Å². The van der Waals surface area contributed by atoms with Gasteiger partial charge in [0.2, 0.25) is 0 Å². The summed E-state index contributed by atoms with van der Waals surface area (Å²) in [6.45, 7) is 1.69. The van der Waals surface area contributed by atoms with Crippen molar-refractivity contribution in [3.05, 3.63) is 34.3 Å². The van der Waals surface area contributed by atoms with Crippen LogP contribution in [0.2, 0.25) is 0 Å². The number of hydrogen-bond donors (Lipinski definition) is 0. The molecule has 1 saturated heterocycles. The summed E-state index contributed by atoms with van der Waals surface area (Å²) in [6, 6.07) is 5.86. The SMILES string of the molecule is CCCCN1C(=O)C(=O)N(CC(=O)c2ccc(Br)cc2)C1=O. The van der Waals surface area contributed by atoms with Crippen LogP contribution in [0, 0.1) is 0 Å². The number of amides is 4. The highest BCUT2D eigenvalue weighted by molar-refractivity contribution is 9.10. The molecule has 0 atom stereocenters. The van der Waals surface area contributed by atoms with Crippen molar-refractivity contribution in [3.63, 3.8) is 0 Å². The predicted molar refractivity (Wildman–Crippen MR) is 82.2 cm³/mol. The summed E-state index contributed by atoms with van der Waals surface area (Å²) in [7, 11) is 0. The van der Waals surface area contributed by atoms with E-state index in [1.54, 1.807) is 24.3 Å². The minimum atomic E-state index is -0.938. The molecule has 4 amide bonds. The first-order valence-electron chi connectivity index (χ1n) is 6.91. The van der Waals surface area contributed by atoms with Crippen molar-refractivity contribution in [2.24, 2.45) is 0 Å². The van der Waals surface area contributed by atoms with Crippen LogP contribution in [0.15, 0.2) is 28.7 Å². The maximum atomic E-state index is 12.1. The largest absolute Gasteiger partial charge is 0.334 e. The molecule has 0 N–H and O–H groups in total. The van der Waals surface area contributed by atoms with E-state index < -0.39 is 24.4 Å². The number of Topliss-reactive ketones (excluding diaryl/α,β-unsaturated/α-hetero) is 1. The molecule has 1 aliphatic rings. The van der Waals surface area contributed by atoms with Crippen molar-refractivity contribution >= 4 is 39.6 Å². The number of ketones is 1. The molecule has 1 fully saturated rings. The Labute approximate surface area is 136 Å². The molecule has 6 nitrogen and oxygen atoms in total. The van der Waals surface area contributed by atoms with Crippen LogP contribution in [0.5, 0.6) is 0 Å². The highest BCUT2D eigenvalue weighted by Gasteiger charge is 2.44. The molecular weight excluding hydrogens is 352 g/mol. The first kappa shape index (κ1) is 16.4. The van der Waals surface area contributed by atoms with E-state index in [2.05, 4.69) is 15.9 Å². The van der Waals surface area contributed by atoms with Crippen LogP contribution in [-0.2, 0) is 9.59 Å². The topological polar surface area (TPSA) is 74.8 Å². The molecule has 0 saturated carbocycles. The van der Waals surface area contributed by atoms with Gasteiger partial charge in [-0.25, -0.2) is 9.69 Å². The molecule has 1 aliphatic heterocycles. The molecule has 0 aromatic heterocycles. The summed E-state index contributed by atoms with van der Waals surface area (Å²) in [5.41, 5.74) is 0.378. The highest BCUT2D eigenvalue weighted by atomic mass is 79.9. The first-order chi connectivity index (χ1) is 10.5. The third-order valence-electron chi connectivity index (χ3n) is 3.34. The summed E-state index contributed by atoms with van der Waals surface area (Å²) in [4.78, 5) is 49.5. The lowest BCUT2D eigenvalue weighted by molar-refractivity contribution is -0.143. The Kier molecular flexibility index (Phi) is 5.07. The molecule has 0 unspecified atom stereocenters. The number of carbonyl (C=O) groups excluding carboxylic acids is 4. The third-order valence-corrected chi connectivity index (χ3v) is 3.87. The number of imide groups is 2. The average molecular weight is 367 g/mol. The fourth-order valence-corrected chi connectivity index (χ4v) is 2.34. The standard InChI is InChI=1S/C15H15BrN2O4/c1-2-3-8-17-13(20)14(21)18(15(17)22)9-12(19)10-4-6-11(16)7-5-10/h4-7H,2-3,8-9H2,1H3. The Morgan fingerprint density at radius 2 is 1.64 bits per heavy atom. The van der Waals surface area contributed by atoms with Gasteiger partial charge in [0.05, 0.1) is 6.54 Å². The second-order valence-corrected chi connectivity index (χ2v) is 5.83. The molecule has 7 heteroatoms. The molecule has 0 spiro atoms. The van der Waals surface area contributed by atoms with Gasteiger partial charge in [-0.2, -0.15) is 0 Å². The maximum absolute atomic E-state index is 12.1. The molecule has 2 rings (SSSR count). The van der Waals surface area contributed by atoms with Crippen LogP contribution in [0.25, 0.3) is 0 Å². The fourth-order valence-electron chi connectivity index (χ4n) is 2.07. The molecule has 1 heterocycles. The molecule has 1 aromatic carbocycles. The van der Waals surface area contributed by atoms with E-state index >= 15 is 0 Å². The number of nitrogens with zero attached hydrogens (tertiary/aromatic N) is 2. The monoisotopic (exact) mass is 366 g/mol. The summed E-state index contributed by atoms with van der Waals surface area (Å²) in [5.74, 6) is -2.19. The van der Waals surface area contributed by atoms with Crippen molar-refractivity contribution < 1.29 is 19.2 Å². The first-order valence-corrected chi connectivity index (χ1v) is 7.71. The Balaban J connectivity index is 2.10. The molecule has 0 radical (unpaired) electrons. The summed E-state index contributed by atoms with van der Waals surface area (Å²) in [5, 5.41) is 0. The lowest BCUT2D eigenvalue weighted by atomic mass is 10.1. The van der Waals surface area contributed by atoms with Gasteiger partial charge in [-0.1, -0.05) is 41.4 Å². The number of halogens is 1. The van der Waals surface area contributed by atoms with Gasteiger partial charge in [0.15, 0.2) is 5.78 Å². The number of rotatable bonds is 6. The average Bonchev–Trinajstić information content (AvgIpc) is 2.70. The minimum absolute atomic E-state index is 0.197. The predicted octanol–water partition coefficient (Wildman–Crippen LogP) is 2.22. The van der Waals surface area contributed by atoms with Crippen molar-refractivity contribution in [3.8, 4) is 0 Å². The van der Waals surface area contributed by atoms with E-state index in [9.17, 15) is 19.2 Å². The number of urea groups is 1. The lowest BCUT2D eigenvalue weighted by Gasteiger charge is -2.14. The van der Waals surface area contributed by atoms with Crippen molar-refractivity contribution in [2.75, 3.05) is 13.1 Å². The summed E-state index contributed by atoms with van der Waals surface area (Å²) >= 11 is 3.26. The Bertz CT molecular complexity index is 627. The van der Waals surface area contributed by atoms with Gasteiger partial charge in [0.1, 0.15) is 0 Å². The Morgan fingerprint density at radius 3 is 2.23 bits per heavy atom. The van der Waals surface area contributed by atoms with E-state index in [-0.39, 0.29) is 12.3 Å². The minimum Gasteiger partial charge on any atom is -0.292 e. The van der Waals surface area contributed by atoms with Crippen molar-refractivity contribution in [1.29, 1.82) is 0 Å². The van der Waals surface area contributed by atoms with Gasteiger partial charge in [-0.05, 0) is 18.6 Å². The van der Waals surface area contributed by atoms with Crippen LogP contribution in [0.4, 0.5) is 4.79 Å². The van der Waals surface area contributed by atoms with Crippen LogP contribution in [0.3, 0.4) is 0 Å². The molecule has 0 aliphatic carbocycles. The zero-order valence-electron chi connectivity index (χ0n) is 12.0. The molecule has 22 heavy (non-hydrogen) atoms. The van der Waals surface area contributed by atoms with Gasteiger partial charge in [-0.15, -0.1) is 0 Å². The zero-order chi connectivity index (χ0) is 16.3.